The van der Waals surface area contributed by atoms with Crippen LogP contribution >= 0.6 is 11.8 Å². The third kappa shape index (κ3) is 3.37. The Hall–Kier alpha value is -2.34. The summed E-state index contributed by atoms with van der Waals surface area (Å²) in [5.41, 5.74) is 4.13. The van der Waals surface area contributed by atoms with Crippen molar-refractivity contribution in [1.29, 1.82) is 0 Å². The van der Waals surface area contributed by atoms with E-state index in [1.165, 1.54) is 0 Å². The molecular formula is C17H18N4OS. The summed E-state index contributed by atoms with van der Waals surface area (Å²) in [5.74, 6) is 2.38. The molecule has 1 N–H and O–H groups in total. The third-order valence-electron chi connectivity index (χ3n) is 3.60. The smallest absolute Gasteiger partial charge is 0.209 e. The number of rotatable bonds is 5. The van der Waals surface area contributed by atoms with Crippen LogP contribution in [-0.2, 0) is 5.75 Å². The van der Waals surface area contributed by atoms with Crippen LogP contribution in [0.15, 0.2) is 41.7 Å². The first-order valence-corrected chi connectivity index (χ1v) is 8.27. The zero-order valence-electron chi connectivity index (χ0n) is 13.3. The van der Waals surface area contributed by atoms with Gasteiger partial charge in [-0.1, -0.05) is 42.1 Å². The molecule has 0 amide bonds. The van der Waals surface area contributed by atoms with Gasteiger partial charge >= 0.3 is 0 Å². The van der Waals surface area contributed by atoms with Crippen molar-refractivity contribution >= 4 is 11.8 Å². The molecule has 3 rings (SSSR count). The molecule has 6 heteroatoms. The molecule has 0 radical (unpaired) electrons. The number of nitrogens with zero attached hydrogens (tertiary/aromatic N) is 3. The molecule has 0 bridgehead atoms. The second-order valence-corrected chi connectivity index (χ2v) is 6.11. The molecule has 2 aromatic heterocycles. The summed E-state index contributed by atoms with van der Waals surface area (Å²) in [4.78, 5) is 9.02. The standard InChI is InChI=1S/C17H18N4OS/c1-11-9-18-14(12(2)15(11)22-3)10-23-17-19-16(20-21-17)13-7-5-4-6-8-13/h4-9H,10H2,1-3H3,(H,19,20,21). The van der Waals surface area contributed by atoms with Gasteiger partial charge in [-0.15, -0.1) is 5.10 Å². The van der Waals surface area contributed by atoms with E-state index >= 15 is 0 Å². The fourth-order valence-electron chi connectivity index (χ4n) is 2.39. The minimum Gasteiger partial charge on any atom is -0.496 e. The Morgan fingerprint density at radius 2 is 1.96 bits per heavy atom. The second kappa shape index (κ2) is 6.83. The lowest BCUT2D eigenvalue weighted by atomic mass is 10.1. The van der Waals surface area contributed by atoms with Crippen LogP contribution in [0.5, 0.6) is 5.75 Å². The Morgan fingerprint density at radius 1 is 1.17 bits per heavy atom. The summed E-state index contributed by atoms with van der Waals surface area (Å²) < 4.78 is 5.44. The van der Waals surface area contributed by atoms with Gasteiger partial charge in [-0.05, 0) is 13.8 Å². The van der Waals surface area contributed by atoms with Gasteiger partial charge in [0.2, 0.25) is 5.16 Å². The lowest BCUT2D eigenvalue weighted by Gasteiger charge is -2.11. The molecule has 2 heterocycles. The van der Waals surface area contributed by atoms with Crippen molar-refractivity contribution < 1.29 is 4.74 Å². The Morgan fingerprint density at radius 3 is 2.70 bits per heavy atom. The molecule has 0 atom stereocenters. The molecular weight excluding hydrogens is 308 g/mol. The summed E-state index contributed by atoms with van der Waals surface area (Å²) in [6.07, 6.45) is 1.84. The number of aromatic amines is 1. The molecule has 0 fully saturated rings. The lowest BCUT2D eigenvalue weighted by molar-refractivity contribution is 0.407. The minimum atomic E-state index is 0.703. The van der Waals surface area contributed by atoms with Crippen molar-refractivity contribution in [1.82, 2.24) is 20.2 Å². The number of hydrogen-bond donors (Lipinski definition) is 1. The normalized spacial score (nSPS) is 10.7. The number of ether oxygens (including phenoxy) is 1. The molecule has 118 valence electrons. The lowest BCUT2D eigenvalue weighted by Crippen LogP contribution is -1.98. The Balaban J connectivity index is 1.74. The molecule has 1 aromatic carbocycles. The first-order valence-electron chi connectivity index (χ1n) is 7.28. The molecule has 0 saturated heterocycles. The summed E-state index contributed by atoms with van der Waals surface area (Å²) in [7, 11) is 1.69. The molecule has 23 heavy (non-hydrogen) atoms. The van der Waals surface area contributed by atoms with Crippen molar-refractivity contribution in [2.24, 2.45) is 0 Å². The van der Waals surface area contributed by atoms with Crippen molar-refractivity contribution in [3.05, 3.63) is 53.3 Å². The molecule has 3 aromatic rings. The fraction of sp³-hybridized carbons (Fsp3) is 0.235. The zero-order chi connectivity index (χ0) is 16.2. The number of nitrogens with one attached hydrogen (secondary N) is 1. The molecule has 0 spiro atoms. The summed E-state index contributed by atoms with van der Waals surface area (Å²) in [6, 6.07) is 9.96. The predicted octanol–water partition coefficient (Wildman–Crippen LogP) is 3.78. The average Bonchev–Trinajstić information content (AvgIpc) is 3.04. The van der Waals surface area contributed by atoms with E-state index in [1.807, 2.05) is 50.4 Å². The summed E-state index contributed by atoms with van der Waals surface area (Å²) >= 11 is 1.56. The van der Waals surface area contributed by atoms with E-state index in [1.54, 1.807) is 18.9 Å². The average molecular weight is 326 g/mol. The quantitative estimate of drug-likeness (QED) is 0.723. The minimum absolute atomic E-state index is 0.703. The number of H-pyrrole nitrogens is 1. The van der Waals surface area contributed by atoms with E-state index in [9.17, 15) is 0 Å². The SMILES string of the molecule is COc1c(C)cnc(CSc2n[nH]c(-c3ccccc3)n2)c1C. The topological polar surface area (TPSA) is 63.7 Å². The van der Waals surface area contributed by atoms with Gasteiger partial charge in [0.1, 0.15) is 5.75 Å². The largest absolute Gasteiger partial charge is 0.496 e. The highest BCUT2D eigenvalue weighted by Gasteiger charge is 2.11. The maximum absolute atomic E-state index is 5.44. The Bertz CT molecular complexity index is 802. The van der Waals surface area contributed by atoms with Gasteiger partial charge in [0.15, 0.2) is 5.82 Å². The number of methoxy groups -OCH3 is 1. The van der Waals surface area contributed by atoms with E-state index in [-0.39, 0.29) is 0 Å². The van der Waals surface area contributed by atoms with E-state index in [2.05, 4.69) is 20.2 Å². The molecule has 0 saturated carbocycles. The van der Waals surface area contributed by atoms with Crippen LogP contribution in [0, 0.1) is 13.8 Å². The van der Waals surface area contributed by atoms with Gasteiger partial charge < -0.3 is 4.74 Å². The highest BCUT2D eigenvalue weighted by Crippen LogP contribution is 2.28. The van der Waals surface area contributed by atoms with Crippen LogP contribution < -0.4 is 4.74 Å². The van der Waals surface area contributed by atoms with Gasteiger partial charge in [0, 0.05) is 28.6 Å². The number of aromatic nitrogens is 4. The maximum atomic E-state index is 5.44. The highest BCUT2D eigenvalue weighted by atomic mass is 32.2. The monoisotopic (exact) mass is 326 g/mol. The van der Waals surface area contributed by atoms with Crippen molar-refractivity contribution in [2.75, 3.05) is 7.11 Å². The van der Waals surface area contributed by atoms with Gasteiger partial charge in [-0.3, -0.25) is 10.1 Å². The van der Waals surface area contributed by atoms with Crippen molar-refractivity contribution in [3.63, 3.8) is 0 Å². The van der Waals surface area contributed by atoms with Crippen LogP contribution in [0.1, 0.15) is 16.8 Å². The Labute approximate surface area is 139 Å². The summed E-state index contributed by atoms with van der Waals surface area (Å²) in [6.45, 7) is 4.03. The first-order chi connectivity index (χ1) is 11.2. The van der Waals surface area contributed by atoms with E-state index < -0.39 is 0 Å². The van der Waals surface area contributed by atoms with Gasteiger partial charge in [0.05, 0.1) is 12.8 Å². The maximum Gasteiger partial charge on any atom is 0.209 e. The van der Waals surface area contributed by atoms with E-state index in [4.69, 9.17) is 4.74 Å². The number of aryl methyl sites for hydroxylation is 1. The van der Waals surface area contributed by atoms with Crippen LogP contribution in [0.2, 0.25) is 0 Å². The molecule has 5 nitrogen and oxygen atoms in total. The molecule has 0 aliphatic carbocycles. The number of hydrogen-bond acceptors (Lipinski definition) is 5. The summed E-state index contributed by atoms with van der Waals surface area (Å²) in [5, 5.41) is 7.96. The number of thioether (sulfide) groups is 1. The van der Waals surface area contributed by atoms with Crippen molar-refractivity contribution in [2.45, 2.75) is 24.8 Å². The zero-order valence-corrected chi connectivity index (χ0v) is 14.1. The Kier molecular flexibility index (Phi) is 4.62. The molecule has 0 unspecified atom stereocenters. The van der Waals surface area contributed by atoms with Crippen LogP contribution in [0.4, 0.5) is 0 Å². The third-order valence-corrected chi connectivity index (χ3v) is 4.46. The van der Waals surface area contributed by atoms with E-state index in [0.717, 1.165) is 34.0 Å². The first kappa shape index (κ1) is 15.6. The van der Waals surface area contributed by atoms with Gasteiger partial charge in [-0.2, -0.15) is 0 Å². The van der Waals surface area contributed by atoms with E-state index in [0.29, 0.717) is 10.9 Å². The predicted molar refractivity (Wildman–Crippen MR) is 91.6 cm³/mol. The fourth-order valence-corrected chi connectivity index (χ4v) is 3.21. The van der Waals surface area contributed by atoms with Crippen molar-refractivity contribution in [3.8, 4) is 17.1 Å². The second-order valence-electron chi connectivity index (χ2n) is 5.17. The van der Waals surface area contributed by atoms with Crippen LogP contribution in [0.3, 0.4) is 0 Å². The van der Waals surface area contributed by atoms with Gasteiger partial charge in [0.25, 0.3) is 0 Å². The molecule has 0 aliphatic heterocycles. The number of benzene rings is 1. The molecule has 0 aliphatic rings. The van der Waals surface area contributed by atoms with Gasteiger partial charge in [-0.25, -0.2) is 4.98 Å². The number of pyridine rings is 1. The van der Waals surface area contributed by atoms with Crippen LogP contribution in [-0.4, -0.2) is 27.3 Å². The highest BCUT2D eigenvalue weighted by molar-refractivity contribution is 7.98. The van der Waals surface area contributed by atoms with Crippen LogP contribution in [0.25, 0.3) is 11.4 Å².